The lowest BCUT2D eigenvalue weighted by molar-refractivity contribution is -0.148. The van der Waals surface area contributed by atoms with Crippen molar-refractivity contribution in [2.45, 2.75) is 45.6 Å². The number of carbonyl (C=O) groups is 2. The molecular formula is C13H23NO4. The maximum absolute atomic E-state index is 12.1. The second-order valence-electron chi connectivity index (χ2n) is 5.22. The first-order chi connectivity index (χ1) is 8.40. The van der Waals surface area contributed by atoms with Crippen LogP contribution in [0.25, 0.3) is 0 Å². The first-order valence-electron chi connectivity index (χ1n) is 6.54. The summed E-state index contributed by atoms with van der Waals surface area (Å²) in [6, 6.07) is 0. The molecule has 2 unspecified atom stereocenters. The van der Waals surface area contributed by atoms with Gasteiger partial charge < -0.3 is 15.2 Å². The maximum atomic E-state index is 12.1. The third-order valence-electron chi connectivity index (χ3n) is 3.96. The van der Waals surface area contributed by atoms with Crippen molar-refractivity contribution in [3.63, 3.8) is 0 Å². The monoisotopic (exact) mass is 257 g/mol. The Morgan fingerprint density at radius 1 is 1.44 bits per heavy atom. The van der Waals surface area contributed by atoms with Gasteiger partial charge in [-0.25, -0.2) is 4.79 Å². The molecule has 1 amide bonds. The van der Waals surface area contributed by atoms with E-state index in [9.17, 15) is 9.59 Å². The fraction of sp³-hybridized carbons (Fsp3) is 0.846. The first kappa shape index (κ1) is 15.0. The van der Waals surface area contributed by atoms with E-state index >= 15 is 0 Å². The number of amides is 1. The van der Waals surface area contributed by atoms with Crippen LogP contribution in [0.3, 0.4) is 0 Å². The van der Waals surface area contributed by atoms with Crippen LogP contribution in [0.4, 0.5) is 0 Å². The van der Waals surface area contributed by atoms with Crippen molar-refractivity contribution >= 4 is 11.9 Å². The van der Waals surface area contributed by atoms with E-state index in [-0.39, 0.29) is 17.7 Å². The zero-order chi connectivity index (χ0) is 13.8. The largest absolute Gasteiger partial charge is 0.480 e. The van der Waals surface area contributed by atoms with E-state index in [1.54, 1.807) is 13.8 Å². The molecule has 0 bridgehead atoms. The third-order valence-corrected chi connectivity index (χ3v) is 3.96. The molecule has 0 aromatic carbocycles. The molecule has 0 spiro atoms. The number of carboxylic acids is 1. The van der Waals surface area contributed by atoms with E-state index in [2.05, 4.69) is 5.32 Å². The smallest absolute Gasteiger partial charge is 0.329 e. The van der Waals surface area contributed by atoms with Gasteiger partial charge in [-0.3, -0.25) is 4.79 Å². The van der Waals surface area contributed by atoms with E-state index < -0.39 is 11.5 Å². The molecule has 104 valence electrons. The molecule has 0 aliphatic carbocycles. The molecule has 1 aliphatic heterocycles. The summed E-state index contributed by atoms with van der Waals surface area (Å²) in [6.45, 7) is 6.54. The number of carboxylic acid groups (broad SMARTS) is 1. The van der Waals surface area contributed by atoms with Gasteiger partial charge in [0.1, 0.15) is 5.54 Å². The Morgan fingerprint density at radius 2 is 2.00 bits per heavy atom. The van der Waals surface area contributed by atoms with Crippen molar-refractivity contribution in [2.24, 2.45) is 11.8 Å². The third kappa shape index (κ3) is 3.45. The van der Waals surface area contributed by atoms with Gasteiger partial charge in [0.15, 0.2) is 0 Å². The summed E-state index contributed by atoms with van der Waals surface area (Å²) in [5, 5.41) is 11.8. The normalized spacial score (nSPS) is 21.9. The quantitative estimate of drug-likeness (QED) is 0.781. The highest BCUT2D eigenvalue weighted by Gasteiger charge is 2.35. The van der Waals surface area contributed by atoms with Crippen LogP contribution in [-0.2, 0) is 14.3 Å². The first-order valence-corrected chi connectivity index (χ1v) is 6.54. The van der Waals surface area contributed by atoms with Crippen LogP contribution in [-0.4, -0.2) is 35.7 Å². The van der Waals surface area contributed by atoms with Gasteiger partial charge >= 0.3 is 5.97 Å². The van der Waals surface area contributed by atoms with Crippen molar-refractivity contribution in [3.8, 4) is 0 Å². The summed E-state index contributed by atoms with van der Waals surface area (Å²) < 4.78 is 5.26. The van der Waals surface area contributed by atoms with E-state index in [0.29, 0.717) is 19.6 Å². The predicted molar refractivity (Wildman–Crippen MR) is 67.2 cm³/mol. The van der Waals surface area contributed by atoms with Crippen LogP contribution in [0.5, 0.6) is 0 Å². The van der Waals surface area contributed by atoms with E-state index in [4.69, 9.17) is 9.84 Å². The maximum Gasteiger partial charge on any atom is 0.329 e. The summed E-state index contributed by atoms with van der Waals surface area (Å²) in [6.07, 6.45) is 2.10. The summed E-state index contributed by atoms with van der Waals surface area (Å²) in [4.78, 5) is 23.3. The number of ether oxygens (including phenoxy) is 1. The highest BCUT2D eigenvalue weighted by molar-refractivity contribution is 5.87. The Labute approximate surface area is 108 Å². The highest BCUT2D eigenvalue weighted by atomic mass is 16.5. The van der Waals surface area contributed by atoms with Crippen LogP contribution in [0.1, 0.15) is 40.0 Å². The minimum atomic E-state index is -1.17. The van der Waals surface area contributed by atoms with Crippen molar-refractivity contribution in [2.75, 3.05) is 13.2 Å². The average molecular weight is 257 g/mol. The number of carbonyl (C=O) groups excluding carboxylic acids is 1. The molecule has 2 atom stereocenters. The Morgan fingerprint density at radius 3 is 2.44 bits per heavy atom. The van der Waals surface area contributed by atoms with Gasteiger partial charge in [-0.2, -0.15) is 0 Å². The zero-order valence-electron chi connectivity index (χ0n) is 11.4. The molecule has 18 heavy (non-hydrogen) atoms. The minimum Gasteiger partial charge on any atom is -0.480 e. The standard InChI is InChI=1S/C13H23NO4/c1-4-13(3,12(16)17)14-11(15)9(2)10-5-7-18-8-6-10/h9-10H,4-8H2,1-3H3,(H,14,15)(H,16,17). The lowest BCUT2D eigenvalue weighted by Gasteiger charge is -2.31. The fourth-order valence-electron chi connectivity index (χ4n) is 2.11. The summed E-state index contributed by atoms with van der Waals surface area (Å²) in [5.74, 6) is -1.04. The number of nitrogens with one attached hydrogen (secondary N) is 1. The molecule has 5 nitrogen and oxygen atoms in total. The van der Waals surface area contributed by atoms with Crippen LogP contribution < -0.4 is 5.32 Å². The lowest BCUT2D eigenvalue weighted by atomic mass is 9.86. The van der Waals surface area contributed by atoms with Crippen molar-refractivity contribution in [3.05, 3.63) is 0 Å². The Balaban J connectivity index is 2.60. The van der Waals surface area contributed by atoms with Crippen LogP contribution in [0.15, 0.2) is 0 Å². The summed E-state index contributed by atoms with van der Waals surface area (Å²) in [5.41, 5.74) is -1.17. The molecule has 1 aliphatic rings. The molecular weight excluding hydrogens is 234 g/mol. The van der Waals surface area contributed by atoms with Crippen LogP contribution in [0.2, 0.25) is 0 Å². The molecule has 1 rings (SSSR count). The molecule has 0 radical (unpaired) electrons. The van der Waals surface area contributed by atoms with E-state index in [1.807, 2.05) is 6.92 Å². The lowest BCUT2D eigenvalue weighted by Crippen LogP contribution is -2.54. The zero-order valence-corrected chi connectivity index (χ0v) is 11.4. The van der Waals surface area contributed by atoms with Crippen molar-refractivity contribution < 1.29 is 19.4 Å². The molecule has 0 aromatic rings. The Kier molecular flexibility index (Phi) is 5.14. The van der Waals surface area contributed by atoms with Gasteiger partial charge in [0.25, 0.3) is 0 Å². The molecule has 5 heteroatoms. The average Bonchev–Trinajstić information content (AvgIpc) is 2.38. The molecule has 1 saturated heterocycles. The molecule has 0 aromatic heterocycles. The topological polar surface area (TPSA) is 75.6 Å². The molecule has 0 saturated carbocycles. The van der Waals surface area contributed by atoms with Gasteiger partial charge in [0, 0.05) is 19.1 Å². The van der Waals surface area contributed by atoms with Gasteiger partial charge in [-0.05, 0) is 32.1 Å². The van der Waals surface area contributed by atoms with E-state index in [0.717, 1.165) is 12.8 Å². The van der Waals surface area contributed by atoms with Crippen molar-refractivity contribution in [1.29, 1.82) is 0 Å². The van der Waals surface area contributed by atoms with Gasteiger partial charge in [-0.15, -0.1) is 0 Å². The Bertz CT molecular complexity index is 312. The second-order valence-corrected chi connectivity index (χ2v) is 5.22. The van der Waals surface area contributed by atoms with Crippen LogP contribution in [0, 0.1) is 11.8 Å². The minimum absolute atomic E-state index is 0.167. The number of hydrogen-bond donors (Lipinski definition) is 2. The summed E-state index contributed by atoms with van der Waals surface area (Å²) in [7, 11) is 0. The summed E-state index contributed by atoms with van der Waals surface area (Å²) >= 11 is 0. The van der Waals surface area contributed by atoms with Gasteiger partial charge in [0.05, 0.1) is 0 Å². The van der Waals surface area contributed by atoms with Crippen LogP contribution >= 0.6 is 0 Å². The highest BCUT2D eigenvalue weighted by Crippen LogP contribution is 2.24. The fourth-order valence-corrected chi connectivity index (χ4v) is 2.11. The van der Waals surface area contributed by atoms with E-state index in [1.165, 1.54) is 0 Å². The number of aliphatic carboxylic acids is 1. The Hall–Kier alpha value is -1.10. The second kappa shape index (κ2) is 6.18. The molecule has 2 N–H and O–H groups in total. The molecule has 1 heterocycles. The number of hydrogen-bond acceptors (Lipinski definition) is 3. The molecule has 1 fully saturated rings. The van der Waals surface area contributed by atoms with Crippen molar-refractivity contribution in [1.82, 2.24) is 5.32 Å². The van der Waals surface area contributed by atoms with Gasteiger partial charge in [-0.1, -0.05) is 13.8 Å². The SMILES string of the molecule is CCC(C)(NC(=O)C(C)C1CCOCC1)C(=O)O. The van der Waals surface area contributed by atoms with Gasteiger partial charge in [0.2, 0.25) is 5.91 Å². The number of rotatable bonds is 5. The predicted octanol–water partition coefficient (Wildman–Crippen LogP) is 1.42.